The van der Waals surface area contributed by atoms with Crippen LogP contribution < -0.4 is 5.32 Å². The second-order valence-corrected chi connectivity index (χ2v) is 9.91. The largest absolute Gasteiger partial charge is 0.465 e. The summed E-state index contributed by atoms with van der Waals surface area (Å²) in [5, 5.41) is 3.52. The quantitative estimate of drug-likeness (QED) is 0.473. The van der Waals surface area contributed by atoms with Gasteiger partial charge in [-0.05, 0) is 53.9 Å². The summed E-state index contributed by atoms with van der Waals surface area (Å²) in [4.78, 5) is 26.2. The van der Waals surface area contributed by atoms with Crippen molar-refractivity contribution in [2.45, 2.75) is 64.7 Å². The molecule has 0 saturated heterocycles. The van der Waals surface area contributed by atoms with E-state index < -0.39 is 0 Å². The summed E-state index contributed by atoms with van der Waals surface area (Å²) < 4.78 is 5.02. The molecule has 1 amide bonds. The van der Waals surface area contributed by atoms with Gasteiger partial charge in [-0.3, -0.25) is 4.79 Å². The van der Waals surface area contributed by atoms with E-state index in [1.54, 1.807) is 6.08 Å². The van der Waals surface area contributed by atoms with Crippen LogP contribution in [0.2, 0.25) is 0 Å². The molecule has 0 atom stereocenters. The van der Waals surface area contributed by atoms with Crippen LogP contribution >= 0.6 is 11.3 Å². The lowest BCUT2D eigenvalue weighted by molar-refractivity contribution is -0.111. The smallest absolute Gasteiger partial charge is 0.341 e. The van der Waals surface area contributed by atoms with E-state index in [1.165, 1.54) is 47.8 Å². The summed E-state index contributed by atoms with van der Waals surface area (Å²) in [7, 11) is 1.39. The lowest BCUT2D eigenvalue weighted by Gasteiger charge is -2.18. The number of hydrogen-bond acceptors (Lipinski definition) is 4. The number of methoxy groups -OCH3 is 1. The first-order chi connectivity index (χ1) is 14.3. The summed E-state index contributed by atoms with van der Waals surface area (Å²) in [6, 6.07) is 8.21. The first-order valence-electron chi connectivity index (χ1n) is 10.6. The van der Waals surface area contributed by atoms with Gasteiger partial charge in [-0.2, -0.15) is 0 Å². The van der Waals surface area contributed by atoms with Crippen LogP contribution in [-0.2, 0) is 27.8 Å². The Balaban J connectivity index is 1.78. The zero-order valence-corrected chi connectivity index (χ0v) is 19.2. The first kappa shape index (κ1) is 22.3. The molecule has 0 spiro atoms. The average molecular weight is 426 g/mol. The normalized spacial score (nSPS) is 14.7. The number of rotatable bonds is 4. The van der Waals surface area contributed by atoms with E-state index >= 15 is 0 Å². The molecule has 2 aromatic rings. The van der Waals surface area contributed by atoms with Crippen molar-refractivity contribution in [1.29, 1.82) is 0 Å². The van der Waals surface area contributed by atoms with Gasteiger partial charge < -0.3 is 10.1 Å². The highest BCUT2D eigenvalue weighted by atomic mass is 32.1. The molecule has 1 N–H and O–H groups in total. The van der Waals surface area contributed by atoms with E-state index in [2.05, 4.69) is 38.2 Å². The third-order valence-corrected chi connectivity index (χ3v) is 6.71. The van der Waals surface area contributed by atoms with Crippen molar-refractivity contribution in [3.8, 4) is 0 Å². The maximum atomic E-state index is 12.6. The van der Waals surface area contributed by atoms with E-state index in [9.17, 15) is 9.59 Å². The number of nitrogens with one attached hydrogen (secondary N) is 1. The molecule has 0 radical (unpaired) electrons. The molecule has 4 nitrogen and oxygen atoms in total. The second-order valence-electron chi connectivity index (χ2n) is 8.81. The minimum atomic E-state index is -0.370. The Morgan fingerprint density at radius 1 is 1.03 bits per heavy atom. The van der Waals surface area contributed by atoms with E-state index in [0.29, 0.717) is 10.6 Å². The Hall–Kier alpha value is -2.40. The van der Waals surface area contributed by atoms with Crippen LogP contribution in [0.4, 0.5) is 5.00 Å². The van der Waals surface area contributed by atoms with E-state index in [-0.39, 0.29) is 17.3 Å². The number of aryl methyl sites for hydroxylation is 1. The van der Waals surface area contributed by atoms with E-state index in [0.717, 1.165) is 36.8 Å². The van der Waals surface area contributed by atoms with Crippen LogP contribution in [0.15, 0.2) is 30.3 Å². The molecule has 0 fully saturated rings. The predicted molar refractivity (Wildman–Crippen MR) is 124 cm³/mol. The summed E-state index contributed by atoms with van der Waals surface area (Å²) >= 11 is 1.52. The minimum Gasteiger partial charge on any atom is -0.465 e. The van der Waals surface area contributed by atoms with Gasteiger partial charge in [0.15, 0.2) is 0 Å². The van der Waals surface area contributed by atoms with Gasteiger partial charge in [0.1, 0.15) is 5.00 Å². The molecule has 1 aromatic carbocycles. The average Bonchev–Trinajstić information content (AvgIpc) is 3.01. The van der Waals surface area contributed by atoms with Gasteiger partial charge in [-0.1, -0.05) is 57.9 Å². The summed E-state index contributed by atoms with van der Waals surface area (Å²) in [6.45, 7) is 6.53. The SMILES string of the molecule is COC(=O)c1c(NC(=O)/C=C\c2ccc(C(C)(C)C)cc2)sc2c1CCCCCC2. The fourth-order valence-corrected chi connectivity index (χ4v) is 5.03. The monoisotopic (exact) mass is 425 g/mol. The van der Waals surface area contributed by atoms with Crippen molar-refractivity contribution >= 4 is 34.3 Å². The second kappa shape index (κ2) is 9.61. The Labute approximate surface area is 183 Å². The third kappa shape index (κ3) is 5.39. The van der Waals surface area contributed by atoms with Crippen LogP contribution in [-0.4, -0.2) is 19.0 Å². The van der Waals surface area contributed by atoms with Crippen LogP contribution in [0.1, 0.15) is 78.4 Å². The van der Waals surface area contributed by atoms with Crippen molar-refractivity contribution < 1.29 is 14.3 Å². The van der Waals surface area contributed by atoms with Gasteiger partial charge in [0, 0.05) is 11.0 Å². The van der Waals surface area contributed by atoms with Crippen LogP contribution in [0.5, 0.6) is 0 Å². The lowest BCUT2D eigenvalue weighted by atomic mass is 9.87. The van der Waals surface area contributed by atoms with Gasteiger partial charge >= 0.3 is 5.97 Å². The Bertz CT molecular complexity index is 933. The molecule has 0 bridgehead atoms. The van der Waals surface area contributed by atoms with Crippen molar-refractivity contribution in [3.63, 3.8) is 0 Å². The van der Waals surface area contributed by atoms with Crippen LogP contribution in [0.25, 0.3) is 6.08 Å². The lowest BCUT2D eigenvalue weighted by Crippen LogP contribution is -2.12. The maximum absolute atomic E-state index is 12.6. The van der Waals surface area contributed by atoms with Gasteiger partial charge in [-0.25, -0.2) is 4.79 Å². The molecular formula is C25H31NO3S. The predicted octanol–water partition coefficient (Wildman–Crippen LogP) is 6.14. The number of amides is 1. The highest BCUT2D eigenvalue weighted by molar-refractivity contribution is 7.17. The van der Waals surface area contributed by atoms with Crippen molar-refractivity contribution in [1.82, 2.24) is 0 Å². The molecule has 1 aliphatic carbocycles. The van der Waals surface area contributed by atoms with Crippen molar-refractivity contribution in [2.75, 3.05) is 12.4 Å². The minimum absolute atomic E-state index is 0.0972. The number of ether oxygens (including phenoxy) is 1. The zero-order chi connectivity index (χ0) is 21.7. The molecule has 3 rings (SSSR count). The van der Waals surface area contributed by atoms with Gasteiger partial charge in [0.05, 0.1) is 12.7 Å². The topological polar surface area (TPSA) is 55.4 Å². The van der Waals surface area contributed by atoms with Gasteiger partial charge in [0.2, 0.25) is 5.91 Å². The Morgan fingerprint density at radius 3 is 2.33 bits per heavy atom. The summed E-state index contributed by atoms with van der Waals surface area (Å²) in [5.41, 5.74) is 3.91. The highest BCUT2D eigenvalue weighted by Gasteiger charge is 2.25. The molecule has 0 unspecified atom stereocenters. The number of anilines is 1. The fourth-order valence-electron chi connectivity index (χ4n) is 3.75. The molecule has 1 aromatic heterocycles. The molecule has 0 aliphatic heterocycles. The number of hydrogen-bond donors (Lipinski definition) is 1. The number of benzene rings is 1. The Kier molecular flexibility index (Phi) is 7.14. The number of thiophene rings is 1. The Morgan fingerprint density at radius 2 is 1.70 bits per heavy atom. The van der Waals surface area contributed by atoms with Crippen molar-refractivity contribution in [3.05, 3.63) is 57.5 Å². The highest BCUT2D eigenvalue weighted by Crippen LogP contribution is 2.37. The number of fused-ring (bicyclic) bond motifs is 1. The summed E-state index contributed by atoms with van der Waals surface area (Å²) in [6.07, 6.45) is 9.70. The van der Waals surface area contributed by atoms with Crippen LogP contribution in [0.3, 0.4) is 0 Å². The molecule has 0 saturated carbocycles. The molecule has 5 heteroatoms. The van der Waals surface area contributed by atoms with Crippen molar-refractivity contribution in [2.24, 2.45) is 0 Å². The third-order valence-electron chi connectivity index (χ3n) is 5.50. The number of carbonyl (C=O) groups excluding carboxylic acids is 2. The first-order valence-corrected chi connectivity index (χ1v) is 11.4. The van der Waals surface area contributed by atoms with Gasteiger partial charge in [0.25, 0.3) is 0 Å². The van der Waals surface area contributed by atoms with Crippen LogP contribution in [0, 0.1) is 0 Å². The molecular weight excluding hydrogens is 394 g/mol. The number of carbonyl (C=O) groups is 2. The standard InChI is InChI=1S/C25H31NO3S/c1-25(2,3)18-14-11-17(12-15-18)13-16-21(27)26-23-22(24(28)29-4)19-9-7-5-6-8-10-20(19)30-23/h11-16H,5-10H2,1-4H3,(H,26,27)/b16-13-. The van der Waals surface area contributed by atoms with E-state index in [1.807, 2.05) is 12.1 Å². The fraction of sp³-hybridized carbons (Fsp3) is 0.440. The number of esters is 1. The molecule has 1 aliphatic rings. The maximum Gasteiger partial charge on any atom is 0.341 e. The molecule has 160 valence electrons. The zero-order valence-electron chi connectivity index (χ0n) is 18.3. The molecule has 1 heterocycles. The van der Waals surface area contributed by atoms with E-state index in [4.69, 9.17) is 4.74 Å². The van der Waals surface area contributed by atoms with Gasteiger partial charge in [-0.15, -0.1) is 11.3 Å². The summed E-state index contributed by atoms with van der Waals surface area (Å²) in [5.74, 6) is -0.612. The molecule has 30 heavy (non-hydrogen) atoms.